The highest BCUT2D eigenvalue weighted by Gasteiger charge is 2.66. The summed E-state index contributed by atoms with van der Waals surface area (Å²) in [7, 11) is 0. The van der Waals surface area contributed by atoms with E-state index in [9.17, 15) is 0 Å². The van der Waals surface area contributed by atoms with Gasteiger partial charge in [0.05, 0.1) is 3.42 Å². The molecule has 4 aliphatic carbocycles. The summed E-state index contributed by atoms with van der Waals surface area (Å²) >= 11 is 2.94. The molecule has 1 heteroatoms. The van der Waals surface area contributed by atoms with E-state index in [2.05, 4.69) is 88.4 Å². The second kappa shape index (κ2) is 7.52. The second-order valence-electron chi connectivity index (χ2n) is 11.9. The first-order valence-corrected chi connectivity index (χ1v) is 13.4. The van der Waals surface area contributed by atoms with Crippen LogP contribution in [-0.2, 0) is 0 Å². The van der Waals surface area contributed by atoms with Crippen molar-refractivity contribution in [3.8, 4) is 0 Å². The van der Waals surface area contributed by atoms with Crippen LogP contribution >= 0.6 is 22.6 Å². The molecule has 0 aromatic rings. The predicted molar refractivity (Wildman–Crippen MR) is 135 cm³/mol. The maximum absolute atomic E-state index is 2.94. The highest BCUT2D eigenvalue weighted by Crippen LogP contribution is 2.74. The van der Waals surface area contributed by atoms with Crippen LogP contribution in [0.25, 0.3) is 0 Å². The zero-order chi connectivity index (χ0) is 21.1. The Balaban J connectivity index is 1.64. The monoisotopic (exact) mass is 506 g/mol. The summed E-state index contributed by atoms with van der Waals surface area (Å²) in [6.45, 7) is 15.0. The lowest BCUT2D eigenvalue weighted by Crippen LogP contribution is -2.57. The van der Waals surface area contributed by atoms with Gasteiger partial charge < -0.3 is 0 Å². The molecule has 162 valence electrons. The molecular formula is C28H43I. The van der Waals surface area contributed by atoms with Gasteiger partial charge in [-0.15, -0.1) is 0 Å². The average Bonchev–Trinajstić information content (AvgIpc) is 2.93. The van der Waals surface area contributed by atoms with E-state index in [1.54, 1.807) is 5.57 Å². The molecule has 4 aliphatic rings. The Morgan fingerprint density at radius 2 is 1.76 bits per heavy atom. The number of halogens is 1. The lowest BCUT2D eigenvalue weighted by atomic mass is 9.45. The molecular weight excluding hydrogens is 463 g/mol. The number of allylic oxidation sites excluding steroid dienone is 6. The van der Waals surface area contributed by atoms with Crippen molar-refractivity contribution in [2.24, 2.45) is 34.0 Å². The SMILES string of the molecule is CC(C)[C@@H](C)/C=C/C[C@H]1CC[C@@]2(C)C3=CC=C4CCCC[C@]4(C)[C@@]3(I)CC[C@]12C. The van der Waals surface area contributed by atoms with Crippen LogP contribution in [0.4, 0.5) is 0 Å². The number of fused-ring (bicyclic) bond motifs is 5. The van der Waals surface area contributed by atoms with E-state index in [4.69, 9.17) is 0 Å². The van der Waals surface area contributed by atoms with Crippen molar-refractivity contribution >= 4 is 22.6 Å². The van der Waals surface area contributed by atoms with Crippen LogP contribution in [0, 0.1) is 34.0 Å². The van der Waals surface area contributed by atoms with E-state index in [-0.39, 0.29) is 0 Å². The smallest absolute Gasteiger partial charge is 0.0529 e. The molecule has 0 aromatic carbocycles. The van der Waals surface area contributed by atoms with E-state index >= 15 is 0 Å². The Hall–Kier alpha value is -0.0500. The van der Waals surface area contributed by atoms with Crippen LogP contribution in [0.5, 0.6) is 0 Å². The molecule has 0 amide bonds. The zero-order valence-electron chi connectivity index (χ0n) is 19.8. The van der Waals surface area contributed by atoms with Gasteiger partial charge in [-0.25, -0.2) is 0 Å². The summed E-state index contributed by atoms with van der Waals surface area (Å²) in [5.74, 6) is 2.28. The lowest BCUT2D eigenvalue weighted by Gasteiger charge is -2.63. The Labute approximate surface area is 194 Å². The molecule has 0 aromatic heterocycles. The largest absolute Gasteiger partial charge is 0.0880 e. The Morgan fingerprint density at radius 1 is 1.00 bits per heavy atom. The number of rotatable bonds is 4. The number of hydrogen-bond acceptors (Lipinski definition) is 0. The first-order chi connectivity index (χ1) is 13.6. The van der Waals surface area contributed by atoms with Gasteiger partial charge in [-0.1, -0.05) is 100 Å². The fourth-order valence-corrected chi connectivity index (χ4v) is 9.19. The van der Waals surface area contributed by atoms with Gasteiger partial charge >= 0.3 is 0 Å². The summed E-state index contributed by atoms with van der Waals surface area (Å²) in [6.07, 6.45) is 22.6. The fraction of sp³-hybridized carbons (Fsp3) is 0.786. The van der Waals surface area contributed by atoms with Crippen molar-refractivity contribution in [2.75, 3.05) is 0 Å². The van der Waals surface area contributed by atoms with Gasteiger partial charge in [-0.05, 0) is 85.5 Å². The van der Waals surface area contributed by atoms with Gasteiger partial charge in [-0.3, -0.25) is 0 Å². The van der Waals surface area contributed by atoms with Crippen molar-refractivity contribution in [3.63, 3.8) is 0 Å². The third kappa shape index (κ3) is 3.10. The minimum atomic E-state index is 0.348. The van der Waals surface area contributed by atoms with E-state index in [0.717, 1.165) is 11.8 Å². The minimum absolute atomic E-state index is 0.348. The highest BCUT2D eigenvalue weighted by atomic mass is 127. The maximum atomic E-state index is 2.94. The Bertz CT molecular complexity index is 741. The molecule has 0 N–H and O–H groups in total. The van der Waals surface area contributed by atoms with Crippen LogP contribution in [-0.4, -0.2) is 3.42 Å². The molecule has 29 heavy (non-hydrogen) atoms. The van der Waals surface area contributed by atoms with Crippen LogP contribution in [0.1, 0.15) is 99.3 Å². The average molecular weight is 507 g/mol. The fourth-order valence-electron chi connectivity index (χ4n) is 7.52. The van der Waals surface area contributed by atoms with Crippen LogP contribution in [0.2, 0.25) is 0 Å². The van der Waals surface area contributed by atoms with E-state index in [1.165, 1.54) is 57.8 Å². The summed E-state index contributed by atoms with van der Waals surface area (Å²) in [5.41, 5.74) is 4.79. The standard InChI is InChI=1S/C28H43I/c1-20(2)21(3)10-9-12-23-15-17-27(6)24-14-13-22-11-7-8-16-26(22,5)28(24,29)19-18-25(23,27)4/h9-10,13-14,20-21,23H,7-8,11-12,15-19H2,1-6H3/b10-9+/t21-,23-,25+,26-,27-,28+/m0/s1. The van der Waals surface area contributed by atoms with Crippen LogP contribution in [0.15, 0.2) is 35.5 Å². The number of hydrogen-bond donors (Lipinski definition) is 0. The van der Waals surface area contributed by atoms with Crippen molar-refractivity contribution in [3.05, 3.63) is 35.5 Å². The maximum Gasteiger partial charge on any atom is 0.0529 e. The quantitative estimate of drug-likeness (QED) is 0.203. The van der Waals surface area contributed by atoms with Crippen molar-refractivity contribution in [2.45, 2.75) is 103 Å². The summed E-state index contributed by atoms with van der Waals surface area (Å²) in [4.78, 5) is 0. The topological polar surface area (TPSA) is 0 Å². The van der Waals surface area contributed by atoms with Gasteiger partial charge in [-0.2, -0.15) is 0 Å². The molecule has 0 bridgehead atoms. The van der Waals surface area contributed by atoms with Gasteiger partial charge in [0.15, 0.2) is 0 Å². The Morgan fingerprint density at radius 3 is 2.48 bits per heavy atom. The van der Waals surface area contributed by atoms with E-state index in [1.807, 2.05) is 5.57 Å². The summed E-state index contributed by atoms with van der Waals surface area (Å²) < 4.78 is 0.348. The first kappa shape index (κ1) is 22.2. The third-order valence-electron chi connectivity index (χ3n) is 10.5. The molecule has 0 radical (unpaired) electrons. The highest BCUT2D eigenvalue weighted by molar-refractivity contribution is 14.1. The molecule has 0 aliphatic heterocycles. The molecule has 0 spiro atoms. The second-order valence-corrected chi connectivity index (χ2v) is 13.7. The molecule has 3 saturated carbocycles. The van der Waals surface area contributed by atoms with Crippen molar-refractivity contribution in [1.82, 2.24) is 0 Å². The zero-order valence-corrected chi connectivity index (χ0v) is 21.9. The first-order valence-electron chi connectivity index (χ1n) is 12.4. The predicted octanol–water partition coefficient (Wildman–Crippen LogP) is 9.06. The molecule has 0 heterocycles. The van der Waals surface area contributed by atoms with Gasteiger partial charge in [0, 0.05) is 5.41 Å². The molecule has 0 nitrogen and oxygen atoms in total. The number of alkyl halides is 1. The summed E-state index contributed by atoms with van der Waals surface area (Å²) in [5, 5.41) is 0. The van der Waals surface area contributed by atoms with Crippen LogP contribution < -0.4 is 0 Å². The summed E-state index contributed by atoms with van der Waals surface area (Å²) in [6, 6.07) is 0. The molecule has 3 fully saturated rings. The molecule has 0 unspecified atom stereocenters. The Kier molecular flexibility index (Phi) is 5.75. The van der Waals surface area contributed by atoms with E-state index < -0.39 is 0 Å². The van der Waals surface area contributed by atoms with Gasteiger partial charge in [0.25, 0.3) is 0 Å². The lowest BCUT2D eigenvalue weighted by molar-refractivity contribution is 0.0296. The van der Waals surface area contributed by atoms with Crippen molar-refractivity contribution < 1.29 is 0 Å². The third-order valence-corrected chi connectivity index (χ3v) is 12.8. The van der Waals surface area contributed by atoms with Crippen LogP contribution in [0.3, 0.4) is 0 Å². The normalized spacial score (nSPS) is 45.4. The van der Waals surface area contributed by atoms with Gasteiger partial charge in [0.2, 0.25) is 0 Å². The van der Waals surface area contributed by atoms with E-state index in [0.29, 0.717) is 25.6 Å². The molecule has 0 saturated heterocycles. The molecule has 4 rings (SSSR count). The van der Waals surface area contributed by atoms with Crippen molar-refractivity contribution in [1.29, 1.82) is 0 Å². The molecule has 6 atom stereocenters. The van der Waals surface area contributed by atoms with Gasteiger partial charge in [0.1, 0.15) is 0 Å². The minimum Gasteiger partial charge on any atom is -0.0880 e.